The molecule has 0 saturated carbocycles. The minimum Gasteiger partial charge on any atom is -0.397 e. The number of nitrogens with two attached hydrogens (primary N) is 1. The van der Waals surface area contributed by atoms with Crippen molar-refractivity contribution < 1.29 is 14.1 Å². The van der Waals surface area contributed by atoms with Gasteiger partial charge in [0.15, 0.2) is 0 Å². The van der Waals surface area contributed by atoms with Gasteiger partial charge in [0.1, 0.15) is 5.82 Å². The van der Waals surface area contributed by atoms with Gasteiger partial charge in [-0.05, 0) is 12.1 Å². The molecule has 0 saturated heterocycles. The van der Waals surface area contributed by atoms with Crippen LogP contribution in [0.15, 0.2) is 36.4 Å². The van der Waals surface area contributed by atoms with Crippen LogP contribution in [-0.2, 0) is 0 Å². The van der Waals surface area contributed by atoms with Crippen molar-refractivity contribution in [3.63, 3.8) is 0 Å². The first-order chi connectivity index (χ1) is 9.90. The normalized spacial score (nSPS) is 10.2. The number of para-hydroxylation sites is 1. The molecule has 1 amide bonds. The van der Waals surface area contributed by atoms with E-state index in [1.165, 1.54) is 24.3 Å². The molecule has 2 rings (SSSR count). The van der Waals surface area contributed by atoms with Gasteiger partial charge in [0, 0.05) is 12.1 Å². The highest BCUT2D eigenvalue weighted by atomic mass is 35.5. The molecule has 0 aliphatic carbocycles. The predicted octanol–water partition coefficient (Wildman–Crippen LogP) is 3.22. The van der Waals surface area contributed by atoms with Crippen molar-refractivity contribution in [2.45, 2.75) is 0 Å². The molecule has 2 aromatic rings. The zero-order valence-corrected chi connectivity index (χ0v) is 11.2. The summed E-state index contributed by atoms with van der Waals surface area (Å²) in [5.74, 6) is -1.43. The maximum atomic E-state index is 13.5. The lowest BCUT2D eigenvalue weighted by atomic mass is 10.1. The Kier molecular flexibility index (Phi) is 4.04. The molecule has 6 nitrogen and oxygen atoms in total. The van der Waals surface area contributed by atoms with Gasteiger partial charge in [0.2, 0.25) is 0 Å². The Morgan fingerprint density at radius 1 is 1.33 bits per heavy atom. The summed E-state index contributed by atoms with van der Waals surface area (Å²) >= 11 is 5.76. The maximum absolute atomic E-state index is 13.5. The number of hydrogen-bond donors (Lipinski definition) is 2. The van der Waals surface area contributed by atoms with Gasteiger partial charge in [-0.15, -0.1) is 0 Å². The second-order valence-corrected chi connectivity index (χ2v) is 4.49. The number of carbonyl (C=O) groups excluding carboxylic acids is 1. The largest absolute Gasteiger partial charge is 0.397 e. The molecule has 2 aromatic carbocycles. The number of nitrogens with one attached hydrogen (secondary N) is 1. The first-order valence-electron chi connectivity index (χ1n) is 5.69. The van der Waals surface area contributed by atoms with Crippen LogP contribution >= 0.6 is 11.6 Å². The Labute approximate surface area is 123 Å². The van der Waals surface area contributed by atoms with E-state index in [1.54, 1.807) is 0 Å². The van der Waals surface area contributed by atoms with Crippen molar-refractivity contribution in [3.05, 3.63) is 62.9 Å². The molecule has 0 atom stereocenters. The van der Waals surface area contributed by atoms with Gasteiger partial charge >= 0.3 is 0 Å². The van der Waals surface area contributed by atoms with Gasteiger partial charge in [-0.3, -0.25) is 14.9 Å². The molecule has 0 radical (unpaired) electrons. The van der Waals surface area contributed by atoms with Crippen LogP contribution in [0, 0.1) is 15.9 Å². The molecule has 0 heterocycles. The number of non-ortho nitro benzene ring substituents is 1. The molecule has 21 heavy (non-hydrogen) atoms. The van der Waals surface area contributed by atoms with Gasteiger partial charge in [-0.25, -0.2) is 4.39 Å². The van der Waals surface area contributed by atoms with Crippen LogP contribution in [0.3, 0.4) is 0 Å². The van der Waals surface area contributed by atoms with Crippen molar-refractivity contribution in [3.8, 4) is 0 Å². The van der Waals surface area contributed by atoms with E-state index in [4.69, 9.17) is 17.3 Å². The van der Waals surface area contributed by atoms with Gasteiger partial charge in [-0.2, -0.15) is 0 Å². The highest BCUT2D eigenvalue weighted by molar-refractivity contribution is 6.34. The second kappa shape index (κ2) is 5.76. The van der Waals surface area contributed by atoms with Crippen LogP contribution < -0.4 is 11.1 Å². The lowest BCUT2D eigenvalue weighted by Gasteiger charge is -2.09. The monoisotopic (exact) mass is 309 g/mol. The lowest BCUT2D eigenvalue weighted by molar-refractivity contribution is -0.384. The highest BCUT2D eigenvalue weighted by Gasteiger charge is 2.19. The molecule has 0 aromatic heterocycles. The number of hydrogen-bond acceptors (Lipinski definition) is 4. The number of halogens is 2. The number of benzene rings is 2. The summed E-state index contributed by atoms with van der Waals surface area (Å²) in [5.41, 5.74) is 4.88. The molecule has 0 aliphatic rings. The molecule has 3 N–H and O–H groups in total. The van der Waals surface area contributed by atoms with Crippen LogP contribution in [0.5, 0.6) is 0 Å². The summed E-state index contributed by atoms with van der Waals surface area (Å²) < 4.78 is 13.5. The van der Waals surface area contributed by atoms with Crippen molar-refractivity contribution in [1.82, 2.24) is 0 Å². The first-order valence-corrected chi connectivity index (χ1v) is 6.07. The van der Waals surface area contributed by atoms with Gasteiger partial charge < -0.3 is 11.1 Å². The quantitative estimate of drug-likeness (QED) is 0.516. The molecular weight excluding hydrogens is 301 g/mol. The Morgan fingerprint density at radius 3 is 2.62 bits per heavy atom. The number of nitrogens with zero attached hydrogens (tertiary/aromatic N) is 1. The third kappa shape index (κ3) is 3.09. The second-order valence-electron chi connectivity index (χ2n) is 4.08. The van der Waals surface area contributed by atoms with Gasteiger partial charge in [-0.1, -0.05) is 23.7 Å². The summed E-state index contributed by atoms with van der Waals surface area (Å²) in [6.45, 7) is 0. The molecule has 108 valence electrons. The van der Waals surface area contributed by atoms with E-state index in [-0.39, 0.29) is 27.6 Å². The maximum Gasteiger partial charge on any atom is 0.271 e. The Balaban J connectivity index is 2.39. The number of rotatable bonds is 3. The summed E-state index contributed by atoms with van der Waals surface area (Å²) in [4.78, 5) is 22.1. The number of carbonyl (C=O) groups is 1. The molecule has 8 heteroatoms. The topological polar surface area (TPSA) is 98.3 Å². The third-order valence-electron chi connectivity index (χ3n) is 2.69. The summed E-state index contributed by atoms with van der Waals surface area (Å²) in [6, 6.07) is 7.53. The van der Waals surface area contributed by atoms with Crippen molar-refractivity contribution in [2.24, 2.45) is 0 Å². The Bertz CT molecular complexity index is 737. The average molecular weight is 310 g/mol. The summed E-state index contributed by atoms with van der Waals surface area (Å²) in [6.07, 6.45) is 0. The zero-order chi connectivity index (χ0) is 15.6. The SMILES string of the molecule is Nc1c(Cl)cc([N+](=O)[O-])cc1C(=O)Nc1ccccc1F. The molecule has 0 spiro atoms. The number of anilines is 2. The van der Waals surface area contributed by atoms with E-state index >= 15 is 0 Å². The highest BCUT2D eigenvalue weighted by Crippen LogP contribution is 2.29. The number of amides is 1. The first kappa shape index (κ1) is 14.7. The van der Waals surface area contributed by atoms with Crippen LogP contribution in [0.25, 0.3) is 0 Å². The van der Waals surface area contributed by atoms with Gasteiger partial charge in [0.25, 0.3) is 11.6 Å². The van der Waals surface area contributed by atoms with Crippen molar-refractivity contribution in [2.75, 3.05) is 11.1 Å². The fraction of sp³-hybridized carbons (Fsp3) is 0. The molecular formula is C13H9ClFN3O3. The minimum atomic E-state index is -0.789. The molecule has 0 fully saturated rings. The van der Waals surface area contributed by atoms with E-state index in [0.717, 1.165) is 12.1 Å². The van der Waals surface area contributed by atoms with E-state index in [0.29, 0.717) is 0 Å². The number of nitro groups is 1. The van der Waals surface area contributed by atoms with E-state index in [9.17, 15) is 19.3 Å². The van der Waals surface area contributed by atoms with Gasteiger partial charge in [0.05, 0.1) is 26.9 Å². The van der Waals surface area contributed by atoms with Crippen molar-refractivity contribution in [1.29, 1.82) is 0 Å². The van der Waals surface area contributed by atoms with Crippen LogP contribution in [0.4, 0.5) is 21.5 Å². The predicted molar refractivity (Wildman–Crippen MR) is 76.9 cm³/mol. The van der Waals surface area contributed by atoms with Crippen LogP contribution in [0.2, 0.25) is 5.02 Å². The summed E-state index contributed by atoms with van der Waals surface area (Å²) in [5, 5.41) is 12.9. The smallest absolute Gasteiger partial charge is 0.271 e. The number of nitrogen functional groups attached to an aromatic ring is 1. The minimum absolute atomic E-state index is 0.0653. The van der Waals surface area contributed by atoms with Crippen LogP contribution in [0.1, 0.15) is 10.4 Å². The third-order valence-corrected chi connectivity index (χ3v) is 3.00. The molecule has 0 bridgehead atoms. The zero-order valence-electron chi connectivity index (χ0n) is 10.5. The van der Waals surface area contributed by atoms with E-state index in [2.05, 4.69) is 5.32 Å². The van der Waals surface area contributed by atoms with Crippen molar-refractivity contribution >= 4 is 34.6 Å². The molecule has 0 aliphatic heterocycles. The van der Waals surface area contributed by atoms with Crippen LogP contribution in [-0.4, -0.2) is 10.8 Å². The fourth-order valence-electron chi connectivity index (χ4n) is 1.65. The fourth-order valence-corrected chi connectivity index (χ4v) is 1.86. The van der Waals surface area contributed by atoms with E-state index in [1.807, 2.05) is 0 Å². The Hall–Kier alpha value is -2.67. The average Bonchev–Trinajstić information content (AvgIpc) is 2.43. The van der Waals surface area contributed by atoms with E-state index < -0.39 is 16.6 Å². The molecule has 0 unspecified atom stereocenters. The Morgan fingerprint density at radius 2 is 2.00 bits per heavy atom. The number of nitro benzene ring substituents is 1. The summed E-state index contributed by atoms with van der Waals surface area (Å²) in [7, 11) is 0. The lowest BCUT2D eigenvalue weighted by Crippen LogP contribution is -2.15. The standard InChI is InChI=1S/C13H9ClFN3O3/c14-9-6-7(18(20)21)5-8(12(9)16)13(19)17-11-4-2-1-3-10(11)15/h1-6H,16H2,(H,17,19).